The molecule has 1 aliphatic carbocycles. The largest absolute Gasteiger partial charge is 0.393 e. The van der Waals surface area contributed by atoms with Gasteiger partial charge in [-0.05, 0) is 26.7 Å². The van der Waals surface area contributed by atoms with Crippen LogP contribution in [-0.4, -0.2) is 48.8 Å². The van der Waals surface area contributed by atoms with Gasteiger partial charge in [0.05, 0.1) is 23.5 Å². The maximum Gasteiger partial charge on any atom is 0.216 e. The molecule has 5 nitrogen and oxygen atoms in total. The molecule has 0 aromatic heterocycles. The van der Waals surface area contributed by atoms with Crippen LogP contribution in [-0.2, 0) is 14.8 Å². The average Bonchev–Trinajstić information content (AvgIpc) is 3.00. The molecule has 0 aromatic rings. The monoisotopic (exact) mass is 294 g/mol. The molecule has 0 saturated heterocycles. The van der Waals surface area contributed by atoms with Crippen LogP contribution in [0.2, 0.25) is 0 Å². The molecule has 1 fully saturated rings. The van der Waals surface area contributed by atoms with Crippen molar-refractivity contribution in [1.29, 1.82) is 0 Å². The third kappa shape index (κ3) is 5.60. The van der Waals surface area contributed by atoms with Crippen molar-refractivity contribution in [1.82, 2.24) is 4.31 Å². The Bertz CT molecular complexity index is 378. The van der Waals surface area contributed by atoms with E-state index < -0.39 is 10.0 Å². The van der Waals surface area contributed by atoms with Crippen LogP contribution in [0, 0.1) is 0 Å². The second kappa shape index (κ2) is 6.79. The van der Waals surface area contributed by atoms with Crippen LogP contribution >= 0.6 is 12.2 Å². The van der Waals surface area contributed by atoms with E-state index in [-0.39, 0.29) is 24.5 Å². The third-order valence-electron chi connectivity index (χ3n) is 2.68. The Hall–Kier alpha value is -0.240. The lowest BCUT2D eigenvalue weighted by molar-refractivity contribution is 0.0906. The SMILES string of the molecule is CC(C)OCCS(=O)(=O)N(CCC(N)=S)C1CC1. The molecule has 1 saturated carbocycles. The van der Waals surface area contributed by atoms with Crippen molar-refractivity contribution in [3.05, 3.63) is 0 Å². The summed E-state index contributed by atoms with van der Waals surface area (Å²) in [6, 6.07) is 0.142. The van der Waals surface area contributed by atoms with E-state index in [1.165, 1.54) is 4.31 Å². The lowest BCUT2D eigenvalue weighted by atomic mass is 10.4. The Morgan fingerprint density at radius 3 is 2.56 bits per heavy atom. The second-order valence-electron chi connectivity index (χ2n) is 4.79. The van der Waals surface area contributed by atoms with E-state index in [1.54, 1.807) is 0 Å². The first-order valence-electron chi connectivity index (χ1n) is 6.22. The van der Waals surface area contributed by atoms with Gasteiger partial charge in [-0.25, -0.2) is 8.42 Å². The Morgan fingerprint density at radius 2 is 2.11 bits per heavy atom. The Balaban J connectivity index is 2.51. The van der Waals surface area contributed by atoms with Gasteiger partial charge in [0.15, 0.2) is 0 Å². The van der Waals surface area contributed by atoms with Gasteiger partial charge in [-0.3, -0.25) is 0 Å². The Labute approximate surface area is 115 Å². The first kappa shape index (κ1) is 15.8. The smallest absolute Gasteiger partial charge is 0.216 e. The summed E-state index contributed by atoms with van der Waals surface area (Å²) in [4.78, 5) is 0.356. The van der Waals surface area contributed by atoms with Crippen LogP contribution in [0.5, 0.6) is 0 Å². The first-order valence-corrected chi connectivity index (χ1v) is 8.24. The zero-order valence-electron chi connectivity index (χ0n) is 11.0. The topological polar surface area (TPSA) is 72.6 Å². The molecule has 0 radical (unpaired) electrons. The van der Waals surface area contributed by atoms with E-state index in [4.69, 9.17) is 22.7 Å². The molecule has 106 valence electrons. The minimum atomic E-state index is -3.26. The zero-order valence-corrected chi connectivity index (χ0v) is 12.6. The van der Waals surface area contributed by atoms with E-state index in [2.05, 4.69) is 0 Å². The van der Waals surface area contributed by atoms with Crippen molar-refractivity contribution < 1.29 is 13.2 Å². The van der Waals surface area contributed by atoms with Crippen molar-refractivity contribution in [2.24, 2.45) is 5.73 Å². The summed E-state index contributed by atoms with van der Waals surface area (Å²) in [6.07, 6.45) is 2.35. The number of nitrogens with two attached hydrogens (primary N) is 1. The molecule has 18 heavy (non-hydrogen) atoms. The maximum absolute atomic E-state index is 12.2. The highest BCUT2D eigenvalue weighted by Gasteiger charge is 2.36. The quantitative estimate of drug-likeness (QED) is 0.639. The summed E-state index contributed by atoms with van der Waals surface area (Å²) in [7, 11) is -3.26. The van der Waals surface area contributed by atoms with Crippen LogP contribution in [0.15, 0.2) is 0 Å². The van der Waals surface area contributed by atoms with Crippen LogP contribution < -0.4 is 5.73 Å². The highest BCUT2D eigenvalue weighted by Crippen LogP contribution is 2.29. The number of hydrogen-bond donors (Lipinski definition) is 1. The molecular formula is C11H22N2O3S2. The number of nitrogens with zero attached hydrogens (tertiary/aromatic N) is 1. The molecule has 0 aliphatic heterocycles. The summed E-state index contributed by atoms with van der Waals surface area (Å²) in [5.41, 5.74) is 5.43. The second-order valence-corrected chi connectivity index (χ2v) is 7.36. The molecule has 0 bridgehead atoms. The fraction of sp³-hybridized carbons (Fsp3) is 0.909. The Morgan fingerprint density at radius 1 is 1.50 bits per heavy atom. The van der Waals surface area contributed by atoms with Crippen molar-refractivity contribution in [2.45, 2.75) is 45.3 Å². The minimum Gasteiger partial charge on any atom is -0.393 e. The standard InChI is InChI=1S/C11H22N2O3S2/c1-9(2)16-7-8-18(14,15)13(10-3-4-10)6-5-11(12)17/h9-10H,3-8H2,1-2H3,(H2,12,17). The van der Waals surface area contributed by atoms with Gasteiger partial charge in [0, 0.05) is 19.0 Å². The molecule has 0 heterocycles. The first-order chi connectivity index (χ1) is 8.33. The van der Waals surface area contributed by atoms with Gasteiger partial charge >= 0.3 is 0 Å². The normalized spacial score (nSPS) is 16.4. The summed E-state index contributed by atoms with van der Waals surface area (Å²) in [5.74, 6) is 0.0268. The van der Waals surface area contributed by atoms with Crippen molar-refractivity contribution >= 4 is 27.2 Å². The summed E-state index contributed by atoms with van der Waals surface area (Å²) in [5, 5.41) is 0. The Kier molecular flexibility index (Phi) is 5.97. The summed E-state index contributed by atoms with van der Waals surface area (Å²) < 4.78 is 31.2. The number of ether oxygens (including phenoxy) is 1. The summed E-state index contributed by atoms with van der Waals surface area (Å²) in [6.45, 7) is 4.40. The van der Waals surface area contributed by atoms with Gasteiger partial charge in [0.2, 0.25) is 10.0 Å². The van der Waals surface area contributed by atoms with Gasteiger partial charge < -0.3 is 10.5 Å². The summed E-state index contributed by atoms with van der Waals surface area (Å²) >= 11 is 4.80. The fourth-order valence-electron chi connectivity index (χ4n) is 1.64. The third-order valence-corrected chi connectivity index (χ3v) is 4.76. The number of thiocarbonyl (C=S) groups is 1. The maximum atomic E-state index is 12.2. The minimum absolute atomic E-state index is 0.0268. The van der Waals surface area contributed by atoms with Crippen molar-refractivity contribution in [3.63, 3.8) is 0 Å². The van der Waals surface area contributed by atoms with Crippen LogP contribution in [0.25, 0.3) is 0 Å². The van der Waals surface area contributed by atoms with E-state index in [0.717, 1.165) is 12.8 Å². The van der Waals surface area contributed by atoms with Crippen LogP contribution in [0.3, 0.4) is 0 Å². The molecule has 7 heteroatoms. The van der Waals surface area contributed by atoms with Gasteiger partial charge in [-0.1, -0.05) is 12.2 Å². The van der Waals surface area contributed by atoms with E-state index in [0.29, 0.717) is 18.0 Å². The molecular weight excluding hydrogens is 272 g/mol. The van der Waals surface area contributed by atoms with E-state index >= 15 is 0 Å². The molecule has 1 aliphatic rings. The van der Waals surface area contributed by atoms with Gasteiger partial charge in [-0.2, -0.15) is 4.31 Å². The molecule has 0 spiro atoms. The lowest BCUT2D eigenvalue weighted by Gasteiger charge is -2.21. The number of rotatable bonds is 9. The zero-order chi connectivity index (χ0) is 13.8. The molecule has 0 atom stereocenters. The fourth-order valence-corrected chi connectivity index (χ4v) is 3.31. The molecule has 2 N–H and O–H groups in total. The highest BCUT2D eigenvalue weighted by atomic mass is 32.2. The molecule has 0 aromatic carbocycles. The highest BCUT2D eigenvalue weighted by molar-refractivity contribution is 7.89. The number of sulfonamides is 1. The van der Waals surface area contributed by atoms with Crippen LogP contribution in [0.1, 0.15) is 33.1 Å². The molecule has 0 amide bonds. The predicted octanol–water partition coefficient (Wildman–Crippen LogP) is 0.882. The average molecular weight is 294 g/mol. The van der Waals surface area contributed by atoms with E-state index in [1.807, 2.05) is 13.8 Å². The van der Waals surface area contributed by atoms with Crippen molar-refractivity contribution in [3.8, 4) is 0 Å². The predicted molar refractivity (Wildman–Crippen MR) is 76.0 cm³/mol. The molecule has 1 rings (SSSR count). The van der Waals surface area contributed by atoms with E-state index in [9.17, 15) is 8.42 Å². The van der Waals surface area contributed by atoms with Gasteiger partial charge in [0.25, 0.3) is 0 Å². The van der Waals surface area contributed by atoms with Crippen LogP contribution in [0.4, 0.5) is 0 Å². The molecule has 0 unspecified atom stereocenters. The van der Waals surface area contributed by atoms with Crippen molar-refractivity contribution in [2.75, 3.05) is 18.9 Å². The lowest BCUT2D eigenvalue weighted by Crippen LogP contribution is -2.38. The van der Waals surface area contributed by atoms with Gasteiger partial charge in [-0.15, -0.1) is 0 Å². The van der Waals surface area contributed by atoms with Gasteiger partial charge in [0.1, 0.15) is 0 Å². The number of hydrogen-bond acceptors (Lipinski definition) is 4.